The first-order valence-electron chi connectivity index (χ1n) is 9.60. The molecule has 3 N–H and O–H groups in total. The molecule has 0 aromatic rings. The van der Waals surface area contributed by atoms with Gasteiger partial charge in [0.1, 0.15) is 0 Å². The maximum absolute atomic E-state index is 10.9. The minimum absolute atomic E-state index is 0.170. The van der Waals surface area contributed by atoms with E-state index in [4.69, 9.17) is 0 Å². The number of hydrogen-bond acceptors (Lipinski definition) is 3. The van der Waals surface area contributed by atoms with Crippen LogP contribution in [0.5, 0.6) is 0 Å². The van der Waals surface area contributed by atoms with Crippen LogP contribution in [-0.2, 0) is 0 Å². The summed E-state index contributed by atoms with van der Waals surface area (Å²) in [4.78, 5) is 0. The molecule has 0 spiro atoms. The summed E-state index contributed by atoms with van der Waals surface area (Å²) in [5.41, 5.74) is 1.33. The van der Waals surface area contributed by atoms with Crippen molar-refractivity contribution in [2.75, 3.05) is 6.61 Å². The Labute approximate surface area is 139 Å². The van der Waals surface area contributed by atoms with Crippen LogP contribution >= 0.6 is 0 Å². The molecule has 3 unspecified atom stereocenters. The Balaban J connectivity index is 1.75. The average Bonchev–Trinajstić information content (AvgIpc) is 2.83. The predicted octanol–water partition coefficient (Wildman–Crippen LogP) is 2.89. The lowest BCUT2D eigenvalue weighted by Crippen LogP contribution is -2.56. The van der Waals surface area contributed by atoms with Gasteiger partial charge in [-0.05, 0) is 74.0 Å². The number of aliphatic hydroxyl groups excluding tert-OH is 3. The Morgan fingerprint density at radius 2 is 1.87 bits per heavy atom. The zero-order valence-corrected chi connectivity index (χ0v) is 14.5. The van der Waals surface area contributed by atoms with Gasteiger partial charge < -0.3 is 15.3 Å². The molecule has 0 bridgehead atoms. The minimum Gasteiger partial charge on any atom is -0.395 e. The molecule has 0 aromatic carbocycles. The molecule has 0 aliphatic heterocycles. The molecular formula is C20H32O3. The molecule has 0 saturated heterocycles. The zero-order valence-electron chi connectivity index (χ0n) is 14.5. The highest BCUT2D eigenvalue weighted by atomic mass is 16.3. The minimum atomic E-state index is -0.394. The van der Waals surface area contributed by atoms with Crippen molar-refractivity contribution in [3.05, 3.63) is 11.6 Å². The zero-order chi connectivity index (χ0) is 16.4. The molecule has 4 rings (SSSR count). The standard InChI is InChI=1S/C20H32O3/c1-12-3-4-15-18-16(6-7-19(12,15)2)20(11-21)8-5-14(22)9-13(20)10-17(18)23/h10,12,14-18,21-23H,3-9,11H2,1-2H3/t12-,14-,15?,16?,17-,18?,19+,20+/m0/s1. The van der Waals surface area contributed by atoms with Gasteiger partial charge in [-0.15, -0.1) is 0 Å². The second-order valence-corrected chi connectivity index (χ2v) is 9.21. The van der Waals surface area contributed by atoms with Gasteiger partial charge >= 0.3 is 0 Å². The summed E-state index contributed by atoms with van der Waals surface area (Å²) in [6, 6.07) is 0. The largest absolute Gasteiger partial charge is 0.395 e. The number of hydrogen-bond donors (Lipinski definition) is 3. The van der Waals surface area contributed by atoms with Crippen LogP contribution in [0.4, 0.5) is 0 Å². The third kappa shape index (κ3) is 2.06. The fraction of sp³-hybridized carbons (Fsp3) is 0.900. The SMILES string of the molecule is C[C@H]1CCC2C3C(CC[C@@]21C)[C@@]1(CO)CC[C@H](O)CC1=C[C@@H]3O. The molecule has 23 heavy (non-hydrogen) atoms. The molecule has 3 saturated carbocycles. The molecule has 4 aliphatic carbocycles. The summed E-state index contributed by atoms with van der Waals surface area (Å²) in [5.74, 6) is 2.01. The van der Waals surface area contributed by atoms with E-state index in [0.717, 1.165) is 30.8 Å². The van der Waals surface area contributed by atoms with E-state index in [9.17, 15) is 15.3 Å². The highest BCUT2D eigenvalue weighted by Crippen LogP contribution is 2.66. The lowest BCUT2D eigenvalue weighted by molar-refractivity contribution is -0.109. The Kier molecular flexibility index (Phi) is 3.72. The molecule has 0 aromatic heterocycles. The van der Waals surface area contributed by atoms with E-state index in [1.165, 1.54) is 19.3 Å². The number of rotatable bonds is 1. The molecule has 0 amide bonds. The Morgan fingerprint density at radius 3 is 2.61 bits per heavy atom. The summed E-state index contributed by atoms with van der Waals surface area (Å²) < 4.78 is 0. The number of fused-ring (bicyclic) bond motifs is 5. The van der Waals surface area contributed by atoms with Crippen molar-refractivity contribution >= 4 is 0 Å². The first kappa shape index (κ1) is 16.1. The van der Waals surface area contributed by atoms with Crippen LogP contribution in [0.15, 0.2) is 11.6 Å². The van der Waals surface area contributed by atoms with Gasteiger partial charge in [0, 0.05) is 5.41 Å². The fourth-order valence-electron chi connectivity index (χ4n) is 6.99. The van der Waals surface area contributed by atoms with Crippen LogP contribution in [0.25, 0.3) is 0 Å². The predicted molar refractivity (Wildman–Crippen MR) is 89.7 cm³/mol. The smallest absolute Gasteiger partial charge is 0.0757 e. The maximum Gasteiger partial charge on any atom is 0.0757 e. The molecule has 4 aliphatic rings. The third-order valence-corrected chi connectivity index (χ3v) is 8.58. The van der Waals surface area contributed by atoms with Gasteiger partial charge in [-0.1, -0.05) is 25.5 Å². The highest BCUT2D eigenvalue weighted by Gasteiger charge is 2.60. The molecule has 8 atom stereocenters. The van der Waals surface area contributed by atoms with E-state index in [1.807, 2.05) is 6.08 Å². The Morgan fingerprint density at radius 1 is 1.09 bits per heavy atom. The van der Waals surface area contributed by atoms with E-state index < -0.39 is 6.10 Å². The lowest BCUT2D eigenvalue weighted by Gasteiger charge is -2.59. The van der Waals surface area contributed by atoms with Crippen molar-refractivity contribution in [1.82, 2.24) is 0 Å². The molecule has 130 valence electrons. The summed E-state index contributed by atoms with van der Waals surface area (Å²) in [6.07, 6.45) is 8.48. The van der Waals surface area contributed by atoms with E-state index in [0.29, 0.717) is 29.6 Å². The highest BCUT2D eigenvalue weighted by molar-refractivity contribution is 5.29. The van der Waals surface area contributed by atoms with Gasteiger partial charge in [0.05, 0.1) is 18.8 Å². The van der Waals surface area contributed by atoms with Crippen molar-refractivity contribution in [3.8, 4) is 0 Å². The van der Waals surface area contributed by atoms with Crippen molar-refractivity contribution in [3.63, 3.8) is 0 Å². The summed E-state index contributed by atoms with van der Waals surface area (Å²) >= 11 is 0. The van der Waals surface area contributed by atoms with Gasteiger partial charge in [0.2, 0.25) is 0 Å². The van der Waals surface area contributed by atoms with Crippen molar-refractivity contribution < 1.29 is 15.3 Å². The average molecular weight is 320 g/mol. The lowest BCUT2D eigenvalue weighted by atomic mass is 9.46. The molecule has 3 heteroatoms. The summed E-state index contributed by atoms with van der Waals surface area (Å²) in [6.45, 7) is 5.00. The number of aliphatic hydroxyl groups is 3. The molecule has 3 fully saturated rings. The molecule has 3 nitrogen and oxygen atoms in total. The maximum atomic E-state index is 10.9. The second kappa shape index (κ2) is 5.31. The van der Waals surface area contributed by atoms with Crippen molar-refractivity contribution in [2.45, 2.75) is 71.0 Å². The monoisotopic (exact) mass is 320 g/mol. The van der Waals surface area contributed by atoms with Gasteiger partial charge in [0.15, 0.2) is 0 Å². The van der Waals surface area contributed by atoms with Gasteiger partial charge in [-0.25, -0.2) is 0 Å². The molecular weight excluding hydrogens is 288 g/mol. The second-order valence-electron chi connectivity index (χ2n) is 9.21. The van der Waals surface area contributed by atoms with E-state index in [-0.39, 0.29) is 18.1 Å². The van der Waals surface area contributed by atoms with Crippen LogP contribution in [0.1, 0.15) is 58.8 Å². The van der Waals surface area contributed by atoms with Crippen LogP contribution in [-0.4, -0.2) is 34.1 Å². The van der Waals surface area contributed by atoms with Crippen LogP contribution in [0, 0.1) is 34.5 Å². The van der Waals surface area contributed by atoms with Crippen molar-refractivity contribution in [2.24, 2.45) is 34.5 Å². The molecule has 0 heterocycles. The third-order valence-electron chi connectivity index (χ3n) is 8.58. The Hall–Kier alpha value is -0.380. The molecule has 0 radical (unpaired) electrons. The van der Waals surface area contributed by atoms with Crippen LogP contribution < -0.4 is 0 Å². The van der Waals surface area contributed by atoms with Crippen LogP contribution in [0.2, 0.25) is 0 Å². The first-order chi connectivity index (χ1) is 10.9. The van der Waals surface area contributed by atoms with Gasteiger partial charge in [0.25, 0.3) is 0 Å². The van der Waals surface area contributed by atoms with Crippen molar-refractivity contribution in [1.29, 1.82) is 0 Å². The van der Waals surface area contributed by atoms with Crippen LogP contribution in [0.3, 0.4) is 0 Å². The normalized spacial score (nSPS) is 55.6. The van der Waals surface area contributed by atoms with Gasteiger partial charge in [-0.3, -0.25) is 0 Å². The summed E-state index contributed by atoms with van der Waals surface area (Å²) in [5, 5.41) is 31.4. The Bertz CT molecular complexity index is 515. The quantitative estimate of drug-likeness (QED) is 0.651. The fourth-order valence-corrected chi connectivity index (χ4v) is 6.99. The topological polar surface area (TPSA) is 60.7 Å². The van der Waals surface area contributed by atoms with Gasteiger partial charge in [-0.2, -0.15) is 0 Å². The van der Waals surface area contributed by atoms with E-state index in [2.05, 4.69) is 13.8 Å². The first-order valence-corrected chi connectivity index (χ1v) is 9.60. The van der Waals surface area contributed by atoms with E-state index >= 15 is 0 Å². The van der Waals surface area contributed by atoms with E-state index in [1.54, 1.807) is 0 Å². The summed E-state index contributed by atoms with van der Waals surface area (Å²) in [7, 11) is 0.